The molecule has 19 heavy (non-hydrogen) atoms. The van der Waals surface area contributed by atoms with E-state index in [2.05, 4.69) is 16.9 Å². The number of hydrogen-bond acceptors (Lipinski definition) is 3. The van der Waals surface area contributed by atoms with Crippen molar-refractivity contribution in [2.75, 3.05) is 19.6 Å². The van der Waals surface area contributed by atoms with E-state index >= 15 is 0 Å². The van der Waals surface area contributed by atoms with Crippen LogP contribution in [0, 0.1) is 0 Å². The second-order valence-electron chi connectivity index (χ2n) is 5.94. The highest BCUT2D eigenvalue weighted by molar-refractivity contribution is 5.05. The van der Waals surface area contributed by atoms with Gasteiger partial charge in [0, 0.05) is 19.8 Å². The second kappa shape index (κ2) is 6.53. The van der Waals surface area contributed by atoms with Crippen LogP contribution in [0.25, 0.3) is 0 Å². The molecule has 1 saturated heterocycles. The van der Waals surface area contributed by atoms with E-state index < -0.39 is 5.60 Å². The molecule has 0 spiro atoms. The molecule has 108 valence electrons. The van der Waals surface area contributed by atoms with E-state index in [4.69, 9.17) is 0 Å². The number of aryl methyl sites for hydroxylation is 2. The summed E-state index contributed by atoms with van der Waals surface area (Å²) in [6.07, 6.45) is 9.90. The Bertz CT molecular complexity index is 390. The first-order valence-corrected chi connectivity index (χ1v) is 7.53. The Morgan fingerprint density at radius 1 is 1.37 bits per heavy atom. The summed E-state index contributed by atoms with van der Waals surface area (Å²) in [6, 6.07) is 0. The van der Waals surface area contributed by atoms with Gasteiger partial charge in [-0.05, 0) is 57.2 Å². The molecule has 2 heterocycles. The van der Waals surface area contributed by atoms with E-state index in [1.165, 1.54) is 18.5 Å². The van der Waals surface area contributed by atoms with Crippen LogP contribution < -0.4 is 0 Å². The summed E-state index contributed by atoms with van der Waals surface area (Å²) in [7, 11) is 1.94. The van der Waals surface area contributed by atoms with Gasteiger partial charge in [-0.15, -0.1) is 0 Å². The molecular formula is C15H27N3O. The normalized spacial score (nSPS) is 25.4. The fourth-order valence-corrected chi connectivity index (χ4v) is 3.00. The van der Waals surface area contributed by atoms with Crippen LogP contribution in [0.1, 0.15) is 44.6 Å². The largest absolute Gasteiger partial charge is 0.390 e. The zero-order chi connectivity index (χ0) is 13.7. The molecule has 1 fully saturated rings. The van der Waals surface area contributed by atoms with Gasteiger partial charge < -0.3 is 10.0 Å². The first kappa shape index (κ1) is 14.5. The minimum Gasteiger partial charge on any atom is -0.390 e. The van der Waals surface area contributed by atoms with Gasteiger partial charge in [0.1, 0.15) is 0 Å². The first-order chi connectivity index (χ1) is 9.11. The summed E-state index contributed by atoms with van der Waals surface area (Å²) in [6.45, 7) is 5.57. The van der Waals surface area contributed by atoms with Crippen molar-refractivity contribution in [3.05, 3.63) is 18.0 Å². The van der Waals surface area contributed by atoms with Gasteiger partial charge in [0.2, 0.25) is 0 Å². The van der Waals surface area contributed by atoms with Crippen molar-refractivity contribution < 1.29 is 5.11 Å². The highest BCUT2D eigenvalue weighted by atomic mass is 16.3. The molecule has 4 nitrogen and oxygen atoms in total. The van der Waals surface area contributed by atoms with E-state index in [9.17, 15) is 5.11 Å². The Morgan fingerprint density at radius 3 is 2.89 bits per heavy atom. The standard InChI is InChI=1S/C15H27N3O/c1-3-9-18-10-4-6-15(19,8-11-18)7-5-14-12-16-17(2)13-14/h12-13,19H,3-11H2,1-2H3. The van der Waals surface area contributed by atoms with Gasteiger partial charge in [-0.3, -0.25) is 4.68 Å². The van der Waals surface area contributed by atoms with Crippen molar-refractivity contribution in [2.24, 2.45) is 7.05 Å². The molecule has 1 N–H and O–H groups in total. The minimum absolute atomic E-state index is 0.474. The third kappa shape index (κ3) is 4.32. The lowest BCUT2D eigenvalue weighted by Gasteiger charge is -2.26. The Labute approximate surface area is 116 Å². The predicted molar refractivity (Wildman–Crippen MR) is 77.1 cm³/mol. The molecule has 4 heteroatoms. The molecule has 1 unspecified atom stereocenters. The number of aliphatic hydroxyl groups is 1. The van der Waals surface area contributed by atoms with Gasteiger partial charge >= 0.3 is 0 Å². The number of hydrogen-bond donors (Lipinski definition) is 1. The van der Waals surface area contributed by atoms with E-state index in [-0.39, 0.29) is 0 Å². The van der Waals surface area contributed by atoms with Gasteiger partial charge in [0.25, 0.3) is 0 Å². The fourth-order valence-electron chi connectivity index (χ4n) is 3.00. The molecule has 0 aliphatic carbocycles. The van der Waals surface area contributed by atoms with Crippen LogP contribution in [0.5, 0.6) is 0 Å². The van der Waals surface area contributed by atoms with Crippen LogP contribution >= 0.6 is 0 Å². The van der Waals surface area contributed by atoms with E-state index in [1.54, 1.807) is 0 Å². The predicted octanol–water partition coefficient (Wildman–Crippen LogP) is 1.98. The number of likely N-dealkylation sites (tertiary alicyclic amines) is 1. The number of rotatable bonds is 5. The summed E-state index contributed by atoms with van der Waals surface area (Å²) in [5.74, 6) is 0. The Balaban J connectivity index is 1.84. The molecule has 2 rings (SSSR count). The van der Waals surface area contributed by atoms with E-state index in [0.717, 1.165) is 45.2 Å². The van der Waals surface area contributed by atoms with Crippen LogP contribution in [0.15, 0.2) is 12.4 Å². The molecular weight excluding hydrogens is 238 g/mol. The van der Waals surface area contributed by atoms with Crippen molar-refractivity contribution in [2.45, 2.75) is 51.0 Å². The van der Waals surface area contributed by atoms with Gasteiger partial charge in [-0.1, -0.05) is 6.92 Å². The Morgan fingerprint density at radius 2 is 2.21 bits per heavy atom. The topological polar surface area (TPSA) is 41.3 Å². The quantitative estimate of drug-likeness (QED) is 0.885. The van der Waals surface area contributed by atoms with Crippen molar-refractivity contribution in [3.8, 4) is 0 Å². The van der Waals surface area contributed by atoms with Gasteiger partial charge in [0.05, 0.1) is 11.8 Å². The van der Waals surface area contributed by atoms with Crippen molar-refractivity contribution in [1.29, 1.82) is 0 Å². The summed E-state index contributed by atoms with van der Waals surface area (Å²) in [5, 5.41) is 14.9. The number of nitrogens with zero attached hydrogens (tertiary/aromatic N) is 3. The van der Waals surface area contributed by atoms with Crippen LogP contribution in [0.4, 0.5) is 0 Å². The lowest BCUT2D eigenvalue weighted by Crippen LogP contribution is -2.32. The summed E-state index contributed by atoms with van der Waals surface area (Å²) >= 11 is 0. The molecule has 0 radical (unpaired) electrons. The number of aromatic nitrogens is 2. The van der Waals surface area contributed by atoms with E-state index in [0.29, 0.717) is 0 Å². The Hall–Kier alpha value is -0.870. The summed E-state index contributed by atoms with van der Waals surface area (Å²) in [5.41, 5.74) is 0.754. The summed E-state index contributed by atoms with van der Waals surface area (Å²) < 4.78 is 1.83. The average molecular weight is 265 g/mol. The smallest absolute Gasteiger partial charge is 0.0663 e. The molecule has 0 bridgehead atoms. The van der Waals surface area contributed by atoms with Crippen LogP contribution in [-0.4, -0.2) is 45.0 Å². The maximum atomic E-state index is 10.8. The maximum Gasteiger partial charge on any atom is 0.0663 e. The molecule has 1 aromatic heterocycles. The van der Waals surface area contributed by atoms with Crippen LogP contribution in [0.2, 0.25) is 0 Å². The monoisotopic (exact) mass is 265 g/mol. The molecule has 1 aliphatic rings. The third-order valence-electron chi connectivity index (χ3n) is 4.19. The van der Waals surface area contributed by atoms with Crippen molar-refractivity contribution in [3.63, 3.8) is 0 Å². The lowest BCUT2D eigenvalue weighted by atomic mass is 9.89. The zero-order valence-electron chi connectivity index (χ0n) is 12.3. The average Bonchev–Trinajstić information content (AvgIpc) is 2.71. The van der Waals surface area contributed by atoms with Gasteiger partial charge in [-0.25, -0.2) is 0 Å². The van der Waals surface area contributed by atoms with Gasteiger partial charge in [0.15, 0.2) is 0 Å². The molecule has 1 atom stereocenters. The summed E-state index contributed by atoms with van der Waals surface area (Å²) in [4.78, 5) is 2.49. The molecule has 0 amide bonds. The highest BCUT2D eigenvalue weighted by Crippen LogP contribution is 2.27. The van der Waals surface area contributed by atoms with E-state index in [1.807, 2.05) is 24.1 Å². The third-order valence-corrected chi connectivity index (χ3v) is 4.19. The molecule has 1 aromatic rings. The van der Waals surface area contributed by atoms with Crippen LogP contribution in [0.3, 0.4) is 0 Å². The van der Waals surface area contributed by atoms with Crippen molar-refractivity contribution in [1.82, 2.24) is 14.7 Å². The lowest BCUT2D eigenvalue weighted by molar-refractivity contribution is 0.0172. The van der Waals surface area contributed by atoms with Crippen LogP contribution in [-0.2, 0) is 13.5 Å². The molecule has 1 aliphatic heterocycles. The SMILES string of the molecule is CCCN1CCCC(O)(CCc2cnn(C)c2)CC1. The zero-order valence-corrected chi connectivity index (χ0v) is 12.3. The molecule has 0 aromatic carbocycles. The minimum atomic E-state index is -0.474. The maximum absolute atomic E-state index is 10.8. The molecule has 0 saturated carbocycles. The van der Waals surface area contributed by atoms with Crippen molar-refractivity contribution >= 4 is 0 Å². The second-order valence-corrected chi connectivity index (χ2v) is 5.94. The first-order valence-electron chi connectivity index (χ1n) is 7.53. The Kier molecular flexibility index (Phi) is 4.99. The van der Waals surface area contributed by atoms with Gasteiger partial charge in [-0.2, -0.15) is 5.10 Å². The highest BCUT2D eigenvalue weighted by Gasteiger charge is 2.29. The fraction of sp³-hybridized carbons (Fsp3) is 0.800.